The number of anilines is 1. The Balaban J connectivity index is 2.10. The van der Waals surface area contributed by atoms with Gasteiger partial charge in [0.05, 0.1) is 11.1 Å². The van der Waals surface area contributed by atoms with Gasteiger partial charge in [0.2, 0.25) is 0 Å². The van der Waals surface area contributed by atoms with Gasteiger partial charge in [-0.25, -0.2) is 0 Å². The van der Waals surface area contributed by atoms with Gasteiger partial charge in [-0.3, -0.25) is 4.98 Å². The third-order valence-electron chi connectivity index (χ3n) is 3.29. The Kier molecular flexibility index (Phi) is 3.05. The molecule has 1 aromatic heterocycles. The zero-order valence-corrected chi connectivity index (χ0v) is 10.9. The van der Waals surface area contributed by atoms with Crippen LogP contribution in [-0.4, -0.2) is 4.98 Å². The van der Waals surface area contributed by atoms with Crippen LogP contribution in [0.4, 0.5) is 18.9 Å². The van der Waals surface area contributed by atoms with Crippen LogP contribution in [0.3, 0.4) is 0 Å². The van der Waals surface area contributed by atoms with Gasteiger partial charge < -0.3 is 5.73 Å². The Bertz CT molecular complexity index is 810. The van der Waals surface area contributed by atoms with Crippen LogP contribution < -0.4 is 5.73 Å². The minimum atomic E-state index is -4.39. The highest BCUT2D eigenvalue weighted by Gasteiger charge is 2.30. The first kappa shape index (κ1) is 13.4. The molecule has 21 heavy (non-hydrogen) atoms. The third-order valence-corrected chi connectivity index (χ3v) is 3.29. The Morgan fingerprint density at radius 3 is 2.48 bits per heavy atom. The number of aromatic nitrogens is 1. The van der Waals surface area contributed by atoms with Gasteiger partial charge >= 0.3 is 6.18 Å². The number of fused-ring (bicyclic) bond motifs is 1. The van der Waals surface area contributed by atoms with E-state index in [4.69, 9.17) is 5.73 Å². The predicted molar refractivity (Wildman–Crippen MR) is 76.6 cm³/mol. The van der Waals surface area contributed by atoms with Crippen LogP contribution in [0.1, 0.15) is 5.56 Å². The monoisotopic (exact) mass is 288 g/mol. The summed E-state index contributed by atoms with van der Waals surface area (Å²) in [5, 5.41) is 0.911. The molecular weight excluding hydrogens is 277 g/mol. The van der Waals surface area contributed by atoms with Crippen LogP contribution in [0.5, 0.6) is 0 Å². The molecule has 0 spiro atoms. The predicted octanol–water partition coefficient (Wildman–Crippen LogP) is 4.50. The van der Waals surface area contributed by atoms with Gasteiger partial charge in [-0.05, 0) is 35.9 Å². The molecular formula is C16H11F3N2. The van der Waals surface area contributed by atoms with E-state index in [9.17, 15) is 13.2 Å². The summed E-state index contributed by atoms with van der Waals surface area (Å²) < 4.78 is 37.9. The lowest BCUT2D eigenvalue weighted by molar-refractivity contribution is -0.137. The highest BCUT2D eigenvalue weighted by molar-refractivity contribution is 5.87. The van der Waals surface area contributed by atoms with Gasteiger partial charge in [0, 0.05) is 22.8 Å². The standard InChI is InChI=1S/C16H11F3N2/c17-16(18,19)12-4-5-13(14(20)9-12)10-3-6-15-11(8-10)2-1-7-21-15/h1-9H,20H2. The second-order valence-corrected chi connectivity index (χ2v) is 4.71. The number of hydrogen-bond acceptors (Lipinski definition) is 2. The van der Waals surface area contributed by atoms with E-state index in [-0.39, 0.29) is 5.69 Å². The molecule has 106 valence electrons. The number of hydrogen-bond donors (Lipinski definition) is 1. The smallest absolute Gasteiger partial charge is 0.398 e. The molecule has 0 aliphatic carbocycles. The topological polar surface area (TPSA) is 38.9 Å². The van der Waals surface area contributed by atoms with Crippen LogP contribution in [0, 0.1) is 0 Å². The molecule has 2 N–H and O–H groups in total. The van der Waals surface area contributed by atoms with Crippen molar-refractivity contribution in [2.24, 2.45) is 0 Å². The number of pyridine rings is 1. The maximum absolute atomic E-state index is 12.6. The fourth-order valence-corrected chi connectivity index (χ4v) is 2.25. The summed E-state index contributed by atoms with van der Waals surface area (Å²) in [4.78, 5) is 4.20. The molecule has 0 saturated heterocycles. The molecule has 0 bridgehead atoms. The quantitative estimate of drug-likeness (QED) is 0.669. The molecule has 0 unspecified atom stereocenters. The van der Waals surface area contributed by atoms with Crippen LogP contribution >= 0.6 is 0 Å². The van der Waals surface area contributed by atoms with Crippen molar-refractivity contribution in [1.82, 2.24) is 4.98 Å². The van der Waals surface area contributed by atoms with E-state index in [1.807, 2.05) is 24.3 Å². The maximum Gasteiger partial charge on any atom is 0.416 e. The zero-order valence-electron chi connectivity index (χ0n) is 10.9. The van der Waals surface area contributed by atoms with Crippen molar-refractivity contribution in [3.8, 4) is 11.1 Å². The molecule has 3 rings (SSSR count). The van der Waals surface area contributed by atoms with E-state index >= 15 is 0 Å². The van der Waals surface area contributed by atoms with Crippen molar-refractivity contribution in [1.29, 1.82) is 0 Å². The fourth-order valence-electron chi connectivity index (χ4n) is 2.25. The highest BCUT2D eigenvalue weighted by Crippen LogP contribution is 2.35. The van der Waals surface area contributed by atoms with E-state index in [0.717, 1.165) is 28.6 Å². The van der Waals surface area contributed by atoms with Crippen molar-refractivity contribution in [2.75, 3.05) is 5.73 Å². The zero-order chi connectivity index (χ0) is 15.0. The number of nitrogen functional groups attached to an aromatic ring is 1. The fraction of sp³-hybridized carbons (Fsp3) is 0.0625. The molecule has 0 aliphatic rings. The van der Waals surface area contributed by atoms with Crippen molar-refractivity contribution in [3.05, 3.63) is 60.3 Å². The molecule has 1 heterocycles. The number of rotatable bonds is 1. The molecule has 5 heteroatoms. The van der Waals surface area contributed by atoms with E-state index in [1.165, 1.54) is 6.07 Å². The summed E-state index contributed by atoms with van der Waals surface area (Å²) in [5.74, 6) is 0. The first-order valence-electron chi connectivity index (χ1n) is 6.27. The minimum absolute atomic E-state index is 0.105. The Morgan fingerprint density at radius 2 is 1.76 bits per heavy atom. The summed E-state index contributed by atoms with van der Waals surface area (Å²) in [6, 6.07) is 12.6. The normalized spacial score (nSPS) is 11.8. The minimum Gasteiger partial charge on any atom is -0.398 e. The molecule has 0 saturated carbocycles. The van der Waals surface area contributed by atoms with Crippen molar-refractivity contribution in [2.45, 2.75) is 6.18 Å². The van der Waals surface area contributed by atoms with E-state index in [1.54, 1.807) is 12.3 Å². The van der Waals surface area contributed by atoms with Gasteiger partial charge in [-0.1, -0.05) is 18.2 Å². The summed E-state index contributed by atoms with van der Waals surface area (Å²) >= 11 is 0. The number of nitrogens with zero attached hydrogens (tertiary/aromatic N) is 1. The van der Waals surface area contributed by atoms with Gasteiger partial charge in [0.15, 0.2) is 0 Å². The largest absolute Gasteiger partial charge is 0.416 e. The van der Waals surface area contributed by atoms with Crippen LogP contribution in [0.2, 0.25) is 0 Å². The first-order chi connectivity index (χ1) is 9.95. The van der Waals surface area contributed by atoms with Crippen LogP contribution in [0.15, 0.2) is 54.7 Å². The Hall–Kier alpha value is -2.56. The van der Waals surface area contributed by atoms with Crippen molar-refractivity contribution < 1.29 is 13.2 Å². The number of benzene rings is 2. The van der Waals surface area contributed by atoms with Gasteiger partial charge in [0.25, 0.3) is 0 Å². The number of halogens is 3. The third kappa shape index (κ3) is 2.54. The Labute approximate surface area is 119 Å². The first-order valence-corrected chi connectivity index (χ1v) is 6.27. The molecule has 0 aliphatic heterocycles. The number of nitrogens with two attached hydrogens (primary N) is 1. The average molecular weight is 288 g/mol. The lowest BCUT2D eigenvalue weighted by Crippen LogP contribution is -2.05. The maximum atomic E-state index is 12.6. The molecule has 3 aromatic rings. The SMILES string of the molecule is Nc1cc(C(F)(F)F)ccc1-c1ccc2ncccc2c1. The van der Waals surface area contributed by atoms with Crippen LogP contribution in [0.25, 0.3) is 22.0 Å². The molecule has 0 amide bonds. The summed E-state index contributed by atoms with van der Waals surface area (Å²) in [6.45, 7) is 0. The van der Waals surface area contributed by atoms with E-state index in [2.05, 4.69) is 4.98 Å². The summed E-state index contributed by atoms with van der Waals surface area (Å²) in [6.07, 6.45) is -2.70. The number of alkyl halides is 3. The van der Waals surface area contributed by atoms with Crippen LogP contribution in [-0.2, 0) is 6.18 Å². The molecule has 0 radical (unpaired) electrons. The lowest BCUT2D eigenvalue weighted by atomic mass is 10.00. The van der Waals surface area contributed by atoms with Gasteiger partial charge in [0.1, 0.15) is 0 Å². The lowest BCUT2D eigenvalue weighted by Gasteiger charge is -2.11. The Morgan fingerprint density at radius 1 is 0.952 bits per heavy atom. The molecule has 0 fully saturated rings. The second kappa shape index (κ2) is 4.77. The highest BCUT2D eigenvalue weighted by atomic mass is 19.4. The second-order valence-electron chi connectivity index (χ2n) is 4.71. The molecule has 2 aromatic carbocycles. The van der Waals surface area contributed by atoms with Gasteiger partial charge in [-0.2, -0.15) is 13.2 Å². The van der Waals surface area contributed by atoms with E-state index in [0.29, 0.717) is 5.56 Å². The molecule has 2 nitrogen and oxygen atoms in total. The average Bonchev–Trinajstić information content (AvgIpc) is 2.45. The van der Waals surface area contributed by atoms with Crippen molar-refractivity contribution in [3.63, 3.8) is 0 Å². The molecule has 0 atom stereocenters. The van der Waals surface area contributed by atoms with E-state index < -0.39 is 11.7 Å². The van der Waals surface area contributed by atoms with Crippen molar-refractivity contribution >= 4 is 16.6 Å². The summed E-state index contributed by atoms with van der Waals surface area (Å²) in [5.41, 5.74) is 7.31. The summed E-state index contributed by atoms with van der Waals surface area (Å²) in [7, 11) is 0. The van der Waals surface area contributed by atoms with Gasteiger partial charge in [-0.15, -0.1) is 0 Å².